The van der Waals surface area contributed by atoms with Crippen LogP contribution in [0.5, 0.6) is 0 Å². The summed E-state index contributed by atoms with van der Waals surface area (Å²) in [7, 11) is 1.08. The van der Waals surface area contributed by atoms with Crippen molar-refractivity contribution < 1.29 is 19.8 Å². The van der Waals surface area contributed by atoms with Gasteiger partial charge in [-0.1, -0.05) is 26.3 Å². The molecule has 0 aromatic carbocycles. The Morgan fingerprint density at radius 1 is 0.933 bits per heavy atom. The molecular formula is C10H18O4Si. The summed E-state index contributed by atoms with van der Waals surface area (Å²) < 4.78 is 0. The second-order valence-corrected chi connectivity index (χ2v) is 3.67. The smallest absolute Gasteiger partial charge is 0.330 e. The van der Waals surface area contributed by atoms with Crippen molar-refractivity contribution in [2.24, 2.45) is 0 Å². The minimum atomic E-state index is -0.935. The largest absolute Gasteiger partial charge is 0.478 e. The third kappa shape index (κ3) is 32.5. The highest BCUT2D eigenvalue weighted by Gasteiger charge is 1.90. The summed E-state index contributed by atoms with van der Waals surface area (Å²) in [5, 5.41) is 15.8. The fraction of sp³-hybridized carbons (Fsp3) is 0.400. The van der Waals surface area contributed by atoms with Crippen LogP contribution in [0.15, 0.2) is 24.3 Å². The molecule has 0 bridgehead atoms. The van der Waals surface area contributed by atoms with Crippen molar-refractivity contribution in [3.8, 4) is 0 Å². The van der Waals surface area contributed by atoms with Crippen molar-refractivity contribution in [3.05, 3.63) is 24.3 Å². The van der Waals surface area contributed by atoms with Gasteiger partial charge in [-0.05, 0) is 13.8 Å². The second-order valence-electron chi connectivity index (χ2n) is 2.67. The topological polar surface area (TPSA) is 74.6 Å². The highest BCUT2D eigenvalue weighted by molar-refractivity contribution is 6.31. The Balaban J connectivity index is -0.000000153. The van der Waals surface area contributed by atoms with Crippen molar-refractivity contribution in [2.45, 2.75) is 26.9 Å². The predicted molar refractivity (Wildman–Crippen MR) is 62.4 cm³/mol. The molecule has 0 saturated carbocycles. The van der Waals surface area contributed by atoms with Gasteiger partial charge in [-0.3, -0.25) is 0 Å². The molecule has 0 aromatic heterocycles. The molecule has 0 amide bonds. The van der Waals surface area contributed by atoms with E-state index < -0.39 is 11.9 Å². The SMILES string of the molecule is C=C(C)C(=O)O.C=C(C)C(=O)O.C[Si]C. The van der Waals surface area contributed by atoms with E-state index in [1.807, 2.05) is 0 Å². The van der Waals surface area contributed by atoms with Gasteiger partial charge in [0, 0.05) is 20.7 Å². The third-order valence-electron chi connectivity index (χ3n) is 0.730. The fourth-order valence-electron chi connectivity index (χ4n) is 0. The molecule has 15 heavy (non-hydrogen) atoms. The first-order chi connectivity index (χ1) is 6.70. The molecule has 2 radical (unpaired) electrons. The lowest BCUT2D eigenvalue weighted by molar-refractivity contribution is -0.133. The molecule has 0 heterocycles. The van der Waals surface area contributed by atoms with Crippen LogP contribution >= 0.6 is 0 Å². The standard InChI is InChI=1S/2C4H6O2.C2H6Si/c2*1-3(2)4(5)6;1-3-2/h2*1H2,2H3,(H,5,6);1-2H3. The van der Waals surface area contributed by atoms with Gasteiger partial charge in [0.05, 0.1) is 0 Å². The summed E-state index contributed by atoms with van der Waals surface area (Å²) in [5.41, 5.74) is 0.352. The van der Waals surface area contributed by atoms with Gasteiger partial charge in [0.25, 0.3) is 0 Å². The molecule has 0 aromatic rings. The molecule has 0 atom stereocenters. The van der Waals surface area contributed by atoms with Crippen LogP contribution in [0, 0.1) is 0 Å². The van der Waals surface area contributed by atoms with E-state index in [0.717, 1.165) is 9.52 Å². The van der Waals surface area contributed by atoms with E-state index in [-0.39, 0.29) is 11.1 Å². The number of carboxylic acids is 2. The van der Waals surface area contributed by atoms with Gasteiger partial charge in [0.15, 0.2) is 0 Å². The van der Waals surface area contributed by atoms with Crippen molar-refractivity contribution in [3.63, 3.8) is 0 Å². The number of carbonyl (C=O) groups is 2. The molecule has 5 heteroatoms. The first kappa shape index (κ1) is 19.2. The average Bonchev–Trinajstić information content (AvgIpc) is 2.06. The number of aliphatic carboxylic acids is 2. The van der Waals surface area contributed by atoms with E-state index in [4.69, 9.17) is 10.2 Å². The minimum Gasteiger partial charge on any atom is -0.478 e. The van der Waals surface area contributed by atoms with Crippen LogP contribution in [0.1, 0.15) is 13.8 Å². The monoisotopic (exact) mass is 230 g/mol. The highest BCUT2D eigenvalue weighted by Crippen LogP contribution is 1.81. The summed E-state index contributed by atoms with van der Waals surface area (Å²) in [4.78, 5) is 19.2. The molecule has 0 aliphatic heterocycles. The van der Waals surface area contributed by atoms with Crippen LogP contribution < -0.4 is 0 Å². The Morgan fingerprint density at radius 2 is 1.00 bits per heavy atom. The lowest BCUT2D eigenvalue weighted by atomic mass is 10.4. The fourth-order valence-corrected chi connectivity index (χ4v) is 0. The van der Waals surface area contributed by atoms with Crippen molar-refractivity contribution >= 4 is 21.5 Å². The van der Waals surface area contributed by atoms with Crippen molar-refractivity contribution in [1.82, 2.24) is 0 Å². The summed E-state index contributed by atoms with van der Waals surface area (Å²) in [6.07, 6.45) is 0. The summed E-state index contributed by atoms with van der Waals surface area (Å²) in [6.45, 7) is 13.5. The average molecular weight is 230 g/mol. The van der Waals surface area contributed by atoms with Crippen LogP contribution in [0.25, 0.3) is 0 Å². The maximum Gasteiger partial charge on any atom is 0.330 e. The quantitative estimate of drug-likeness (QED) is 0.562. The van der Waals surface area contributed by atoms with E-state index in [0.29, 0.717) is 0 Å². The lowest BCUT2D eigenvalue weighted by Crippen LogP contribution is -1.92. The molecule has 86 valence electrons. The second kappa shape index (κ2) is 12.6. The van der Waals surface area contributed by atoms with E-state index in [1.165, 1.54) is 13.8 Å². The molecule has 0 aliphatic rings. The Bertz CT molecular complexity index is 186. The van der Waals surface area contributed by atoms with Crippen LogP contribution in [0.2, 0.25) is 13.1 Å². The first-order valence-corrected chi connectivity index (χ1v) is 6.06. The number of hydrogen-bond acceptors (Lipinski definition) is 2. The van der Waals surface area contributed by atoms with Crippen LogP contribution in [0.3, 0.4) is 0 Å². The maximum absolute atomic E-state index is 9.60. The number of rotatable bonds is 2. The zero-order valence-electron chi connectivity index (χ0n) is 9.63. The lowest BCUT2D eigenvalue weighted by Gasteiger charge is -1.79. The molecule has 0 aliphatic carbocycles. The maximum atomic E-state index is 9.60. The summed E-state index contributed by atoms with van der Waals surface area (Å²) in [5.74, 6) is -1.87. The van der Waals surface area contributed by atoms with Crippen LogP contribution in [-0.4, -0.2) is 31.7 Å². The van der Waals surface area contributed by atoms with Gasteiger partial charge in [0.2, 0.25) is 0 Å². The molecule has 0 spiro atoms. The zero-order chi connectivity index (χ0) is 13.0. The summed E-state index contributed by atoms with van der Waals surface area (Å²) in [6, 6.07) is 0. The molecular weight excluding hydrogens is 212 g/mol. The third-order valence-corrected chi connectivity index (χ3v) is 0.730. The van der Waals surface area contributed by atoms with Crippen LogP contribution in [0.4, 0.5) is 0 Å². The van der Waals surface area contributed by atoms with Gasteiger partial charge in [0.1, 0.15) is 0 Å². The first-order valence-electron chi connectivity index (χ1n) is 4.06. The van der Waals surface area contributed by atoms with E-state index in [2.05, 4.69) is 26.3 Å². The Morgan fingerprint density at radius 3 is 1.00 bits per heavy atom. The molecule has 2 N–H and O–H groups in total. The predicted octanol–water partition coefficient (Wildman–Crippen LogP) is 2.08. The number of carboxylic acid groups (broad SMARTS) is 2. The number of hydrogen-bond donors (Lipinski definition) is 2. The van der Waals surface area contributed by atoms with Crippen molar-refractivity contribution in [2.75, 3.05) is 0 Å². The normalized spacial score (nSPS) is 7.20. The molecule has 0 fully saturated rings. The zero-order valence-corrected chi connectivity index (χ0v) is 10.6. The van der Waals surface area contributed by atoms with Gasteiger partial charge in [-0.25, -0.2) is 9.59 Å². The van der Waals surface area contributed by atoms with Gasteiger partial charge in [-0.2, -0.15) is 0 Å². The Hall–Kier alpha value is -1.36. The van der Waals surface area contributed by atoms with E-state index in [1.54, 1.807) is 0 Å². The molecule has 0 saturated heterocycles. The van der Waals surface area contributed by atoms with Gasteiger partial charge < -0.3 is 10.2 Å². The van der Waals surface area contributed by atoms with E-state index >= 15 is 0 Å². The highest BCUT2D eigenvalue weighted by atomic mass is 28.2. The van der Waals surface area contributed by atoms with E-state index in [9.17, 15) is 9.59 Å². The molecule has 4 nitrogen and oxygen atoms in total. The molecule has 0 unspecified atom stereocenters. The summed E-state index contributed by atoms with van der Waals surface area (Å²) >= 11 is 0. The minimum absolute atomic E-state index is 0.176. The van der Waals surface area contributed by atoms with Gasteiger partial charge >= 0.3 is 11.9 Å². The van der Waals surface area contributed by atoms with Crippen molar-refractivity contribution in [1.29, 1.82) is 0 Å². The Kier molecular flexibility index (Phi) is 16.2. The Labute approximate surface area is 93.1 Å². The molecule has 0 rings (SSSR count). The van der Waals surface area contributed by atoms with Gasteiger partial charge in [-0.15, -0.1) is 0 Å². The van der Waals surface area contributed by atoms with Crippen LogP contribution in [-0.2, 0) is 9.59 Å².